The fraction of sp³-hybridized carbons (Fsp3) is 0.391. The van der Waals surface area contributed by atoms with Crippen LogP contribution in [0, 0.1) is 6.92 Å². The summed E-state index contributed by atoms with van der Waals surface area (Å²) >= 11 is 0. The van der Waals surface area contributed by atoms with Gasteiger partial charge in [0, 0.05) is 18.8 Å². The molecule has 1 atom stereocenters. The van der Waals surface area contributed by atoms with Crippen LogP contribution in [0.5, 0.6) is 0 Å². The molecule has 3 rings (SSSR count). The quantitative estimate of drug-likeness (QED) is 0.742. The van der Waals surface area contributed by atoms with Crippen LogP contribution in [0.1, 0.15) is 30.5 Å². The molecule has 1 fully saturated rings. The highest BCUT2D eigenvalue weighted by Crippen LogP contribution is 2.31. The first-order valence-electron chi connectivity index (χ1n) is 10.3. The predicted octanol–water partition coefficient (Wildman–Crippen LogP) is 2.24. The van der Waals surface area contributed by atoms with E-state index in [0.29, 0.717) is 5.69 Å². The Morgan fingerprint density at radius 3 is 2.19 bits per heavy atom. The second kappa shape index (κ2) is 8.80. The van der Waals surface area contributed by atoms with E-state index in [-0.39, 0.29) is 19.6 Å². The molecule has 1 heterocycles. The molecular weight excluding hydrogens is 414 g/mol. The maximum absolute atomic E-state index is 13.4. The minimum atomic E-state index is -3.65. The summed E-state index contributed by atoms with van der Waals surface area (Å²) in [7, 11) is -3.65. The highest BCUT2D eigenvalue weighted by Gasteiger charge is 2.50. The third-order valence-electron chi connectivity index (χ3n) is 5.67. The van der Waals surface area contributed by atoms with Gasteiger partial charge in [0.25, 0.3) is 0 Å². The Bertz CT molecular complexity index is 1070. The van der Waals surface area contributed by atoms with Gasteiger partial charge in [0.15, 0.2) is 0 Å². The Hall–Kier alpha value is -2.71. The number of nitrogens with one attached hydrogen (secondary N) is 1. The lowest BCUT2D eigenvalue weighted by Gasteiger charge is -2.46. The van der Waals surface area contributed by atoms with Gasteiger partial charge in [-0.25, -0.2) is 8.42 Å². The van der Waals surface area contributed by atoms with E-state index in [2.05, 4.69) is 5.32 Å². The van der Waals surface area contributed by atoms with E-state index in [1.807, 2.05) is 50.2 Å². The summed E-state index contributed by atoms with van der Waals surface area (Å²) < 4.78 is 25.5. The Morgan fingerprint density at radius 1 is 1.06 bits per heavy atom. The molecule has 1 saturated heterocycles. The van der Waals surface area contributed by atoms with Crippen molar-refractivity contribution in [3.05, 3.63) is 65.2 Å². The van der Waals surface area contributed by atoms with Crippen LogP contribution in [0.3, 0.4) is 0 Å². The number of carbonyl (C=O) groups is 2. The first-order valence-corrected chi connectivity index (χ1v) is 12.1. The lowest BCUT2D eigenvalue weighted by atomic mass is 9.94. The predicted molar refractivity (Wildman–Crippen MR) is 121 cm³/mol. The average Bonchev–Trinajstić information content (AvgIpc) is 2.72. The van der Waals surface area contributed by atoms with Gasteiger partial charge in [-0.3, -0.25) is 14.5 Å². The zero-order chi connectivity index (χ0) is 22.8. The Morgan fingerprint density at radius 2 is 1.65 bits per heavy atom. The van der Waals surface area contributed by atoms with Gasteiger partial charge in [0.1, 0.15) is 5.54 Å². The van der Waals surface area contributed by atoms with E-state index < -0.39 is 27.4 Å². The molecular formula is C23H29N3O4S. The topological polar surface area (TPSA) is 86.8 Å². The lowest BCUT2D eigenvalue weighted by Crippen LogP contribution is -2.70. The van der Waals surface area contributed by atoms with E-state index in [0.717, 1.165) is 33.7 Å². The van der Waals surface area contributed by atoms with E-state index in [1.54, 1.807) is 19.1 Å². The molecule has 0 aromatic heterocycles. The summed E-state index contributed by atoms with van der Waals surface area (Å²) in [4.78, 5) is 27.9. The third kappa shape index (κ3) is 4.97. The Labute approximate surface area is 184 Å². The van der Waals surface area contributed by atoms with Gasteiger partial charge >= 0.3 is 0 Å². The van der Waals surface area contributed by atoms with Crippen LogP contribution < -0.4 is 10.2 Å². The molecule has 0 radical (unpaired) electrons. The zero-order valence-electron chi connectivity index (χ0n) is 18.4. The van der Waals surface area contributed by atoms with Gasteiger partial charge in [-0.05, 0) is 43.5 Å². The van der Waals surface area contributed by atoms with Gasteiger partial charge in [-0.2, -0.15) is 4.31 Å². The molecule has 0 saturated carbocycles. The highest BCUT2D eigenvalue weighted by atomic mass is 32.2. The summed E-state index contributed by atoms with van der Waals surface area (Å²) in [6, 6.07) is 15.2. The van der Waals surface area contributed by atoms with E-state index in [4.69, 9.17) is 0 Å². The molecule has 1 aliphatic rings. The molecule has 1 aliphatic heterocycles. The van der Waals surface area contributed by atoms with E-state index in [1.165, 1.54) is 4.90 Å². The highest BCUT2D eigenvalue weighted by molar-refractivity contribution is 7.88. The second-order valence-electron chi connectivity index (χ2n) is 8.22. The van der Waals surface area contributed by atoms with Crippen LogP contribution >= 0.6 is 0 Å². The molecule has 166 valence electrons. The van der Waals surface area contributed by atoms with Crippen LogP contribution in [0.25, 0.3) is 0 Å². The van der Waals surface area contributed by atoms with Crippen LogP contribution in [0.2, 0.25) is 0 Å². The van der Waals surface area contributed by atoms with Crippen LogP contribution in [0.4, 0.5) is 5.69 Å². The number of hydrogen-bond acceptors (Lipinski definition) is 4. The van der Waals surface area contributed by atoms with Crippen molar-refractivity contribution < 1.29 is 18.0 Å². The number of anilines is 1. The molecule has 0 bridgehead atoms. The summed E-state index contributed by atoms with van der Waals surface area (Å²) in [5, 5.41) is 2.89. The van der Waals surface area contributed by atoms with Crippen LogP contribution in [0.15, 0.2) is 48.5 Å². The number of piperazine rings is 1. The van der Waals surface area contributed by atoms with Crippen molar-refractivity contribution in [2.75, 3.05) is 24.2 Å². The minimum Gasteiger partial charge on any atom is -0.350 e. The number of rotatable bonds is 6. The molecule has 7 nitrogen and oxygen atoms in total. The number of benzene rings is 2. The summed E-state index contributed by atoms with van der Waals surface area (Å²) in [6.45, 7) is 5.50. The normalized spacial score (nSPS) is 20.0. The Balaban J connectivity index is 1.93. The van der Waals surface area contributed by atoms with Gasteiger partial charge in [-0.1, -0.05) is 48.9 Å². The fourth-order valence-electron chi connectivity index (χ4n) is 3.76. The van der Waals surface area contributed by atoms with E-state index >= 15 is 0 Å². The van der Waals surface area contributed by atoms with Crippen molar-refractivity contribution >= 4 is 27.5 Å². The van der Waals surface area contributed by atoms with Gasteiger partial charge < -0.3 is 5.32 Å². The number of nitrogens with zero attached hydrogens (tertiary/aromatic N) is 2. The standard InChI is InChI=1S/C23H29N3O4S/c1-5-18-10-12-20(13-11-18)26-21(27)15-25(31(4,29)30)16-23(26,3)22(28)24-14-19-8-6-17(2)7-9-19/h6-13H,5,14-16H2,1-4H3,(H,24,28). The molecule has 0 spiro atoms. The monoisotopic (exact) mass is 443 g/mol. The van der Waals surface area contributed by atoms with Crippen molar-refractivity contribution in [3.63, 3.8) is 0 Å². The first-order chi connectivity index (χ1) is 14.5. The smallest absolute Gasteiger partial charge is 0.247 e. The van der Waals surface area contributed by atoms with Crippen molar-refractivity contribution in [1.29, 1.82) is 0 Å². The third-order valence-corrected chi connectivity index (χ3v) is 6.87. The maximum Gasteiger partial charge on any atom is 0.247 e. The number of aryl methyl sites for hydroxylation is 2. The molecule has 0 aliphatic carbocycles. The van der Waals surface area contributed by atoms with Crippen molar-refractivity contribution in [1.82, 2.24) is 9.62 Å². The minimum absolute atomic E-state index is 0.118. The summed E-state index contributed by atoms with van der Waals surface area (Å²) in [6.07, 6.45) is 1.90. The average molecular weight is 444 g/mol. The maximum atomic E-state index is 13.4. The van der Waals surface area contributed by atoms with Gasteiger partial charge in [-0.15, -0.1) is 0 Å². The molecule has 8 heteroatoms. The number of carbonyl (C=O) groups excluding carboxylic acids is 2. The summed E-state index contributed by atoms with van der Waals surface area (Å²) in [5.41, 5.74) is 2.32. The molecule has 2 amide bonds. The summed E-state index contributed by atoms with van der Waals surface area (Å²) in [5.74, 6) is -0.844. The van der Waals surface area contributed by atoms with Crippen LogP contribution in [-0.2, 0) is 32.6 Å². The largest absolute Gasteiger partial charge is 0.350 e. The molecule has 1 N–H and O–H groups in total. The van der Waals surface area contributed by atoms with Crippen molar-refractivity contribution in [3.8, 4) is 0 Å². The zero-order valence-corrected chi connectivity index (χ0v) is 19.2. The van der Waals surface area contributed by atoms with Gasteiger partial charge in [0.05, 0.1) is 12.8 Å². The van der Waals surface area contributed by atoms with Crippen molar-refractivity contribution in [2.45, 2.75) is 39.3 Å². The number of sulfonamides is 1. The SMILES string of the molecule is CCc1ccc(N2C(=O)CN(S(C)(=O)=O)CC2(C)C(=O)NCc2ccc(C)cc2)cc1. The Kier molecular flexibility index (Phi) is 6.52. The van der Waals surface area contributed by atoms with Crippen LogP contribution in [-0.4, -0.2) is 49.4 Å². The van der Waals surface area contributed by atoms with Gasteiger partial charge in [0.2, 0.25) is 21.8 Å². The fourth-order valence-corrected chi connectivity index (χ4v) is 4.59. The molecule has 2 aromatic rings. The van der Waals surface area contributed by atoms with Crippen molar-refractivity contribution in [2.24, 2.45) is 0 Å². The molecule has 31 heavy (non-hydrogen) atoms. The molecule has 1 unspecified atom stereocenters. The van der Waals surface area contributed by atoms with E-state index in [9.17, 15) is 18.0 Å². The molecule has 2 aromatic carbocycles. The number of hydrogen-bond donors (Lipinski definition) is 1. The second-order valence-corrected chi connectivity index (χ2v) is 10.2. The lowest BCUT2D eigenvalue weighted by molar-refractivity contribution is -0.133. The number of amides is 2. The first kappa shape index (κ1) is 23.0.